The van der Waals surface area contributed by atoms with Crippen molar-refractivity contribution in [2.75, 3.05) is 6.61 Å². The molecule has 0 amide bonds. The summed E-state index contributed by atoms with van der Waals surface area (Å²) in [7, 11) is 1.90. The molecular formula is C26H28N4O3. The summed E-state index contributed by atoms with van der Waals surface area (Å²) in [5.41, 5.74) is 7.01. The summed E-state index contributed by atoms with van der Waals surface area (Å²) >= 11 is 0. The highest BCUT2D eigenvalue weighted by Crippen LogP contribution is 2.29. The molecular weight excluding hydrogens is 416 g/mol. The average molecular weight is 445 g/mol. The number of ether oxygens (including phenoxy) is 1. The van der Waals surface area contributed by atoms with Gasteiger partial charge in [0.25, 0.3) is 5.89 Å². The molecule has 33 heavy (non-hydrogen) atoms. The summed E-state index contributed by atoms with van der Waals surface area (Å²) in [5.74, 6) is 0.729. The normalized spacial score (nSPS) is 11.0. The molecule has 0 radical (unpaired) electrons. The van der Waals surface area contributed by atoms with E-state index < -0.39 is 0 Å². The Bertz CT molecular complexity index is 1260. The number of aromatic nitrogens is 4. The predicted octanol–water partition coefficient (Wildman–Crippen LogP) is 5.17. The first-order chi connectivity index (χ1) is 16.0. The first-order valence-electron chi connectivity index (χ1n) is 11.2. The topological polar surface area (TPSA) is 83.0 Å². The van der Waals surface area contributed by atoms with E-state index in [2.05, 4.69) is 35.2 Å². The zero-order valence-electron chi connectivity index (χ0n) is 19.5. The molecule has 0 spiro atoms. The Kier molecular flexibility index (Phi) is 6.68. The lowest BCUT2D eigenvalue weighted by atomic mass is 9.93. The number of hydrogen-bond donors (Lipinski definition) is 0. The van der Waals surface area contributed by atoms with Gasteiger partial charge < -0.3 is 9.26 Å². The molecule has 7 heteroatoms. The van der Waals surface area contributed by atoms with Crippen molar-refractivity contribution in [3.8, 4) is 34.2 Å². The van der Waals surface area contributed by atoms with Crippen molar-refractivity contribution in [3.05, 3.63) is 65.2 Å². The van der Waals surface area contributed by atoms with Gasteiger partial charge in [-0.05, 0) is 67.1 Å². The van der Waals surface area contributed by atoms with Crippen LogP contribution in [-0.2, 0) is 29.4 Å². The lowest BCUT2D eigenvalue weighted by Gasteiger charge is -2.13. The van der Waals surface area contributed by atoms with Crippen LogP contribution in [0, 0.1) is 6.92 Å². The number of hydrogen-bond acceptors (Lipinski definition) is 6. The van der Waals surface area contributed by atoms with Gasteiger partial charge in [-0.15, -0.1) is 0 Å². The van der Waals surface area contributed by atoms with Crippen LogP contribution in [-0.4, -0.2) is 32.5 Å². The molecule has 2 heterocycles. The van der Waals surface area contributed by atoms with Gasteiger partial charge in [-0.2, -0.15) is 10.1 Å². The first-order valence-corrected chi connectivity index (χ1v) is 11.2. The second-order valence-electron chi connectivity index (χ2n) is 7.92. The summed E-state index contributed by atoms with van der Waals surface area (Å²) in [6.45, 7) is 6.38. The van der Waals surface area contributed by atoms with Crippen LogP contribution in [0.1, 0.15) is 37.0 Å². The number of rotatable bonds is 8. The van der Waals surface area contributed by atoms with Crippen molar-refractivity contribution >= 4 is 5.97 Å². The maximum atomic E-state index is 11.8. The molecule has 2 aromatic carbocycles. The van der Waals surface area contributed by atoms with Gasteiger partial charge >= 0.3 is 5.97 Å². The Morgan fingerprint density at radius 1 is 1.09 bits per heavy atom. The summed E-state index contributed by atoms with van der Waals surface area (Å²) < 4.78 is 12.4. The molecule has 0 atom stereocenters. The lowest BCUT2D eigenvalue weighted by molar-refractivity contribution is -0.143. The molecule has 0 fully saturated rings. The van der Waals surface area contributed by atoms with Crippen LogP contribution in [0.4, 0.5) is 0 Å². The predicted molar refractivity (Wildman–Crippen MR) is 126 cm³/mol. The summed E-state index contributed by atoms with van der Waals surface area (Å²) in [5, 5.41) is 8.77. The van der Waals surface area contributed by atoms with Crippen LogP contribution in [0.15, 0.2) is 53.1 Å². The van der Waals surface area contributed by atoms with E-state index in [9.17, 15) is 4.79 Å². The largest absolute Gasteiger partial charge is 0.466 e. The Balaban J connectivity index is 1.60. The standard InChI is InChI=1S/C26H28N4O3/c1-5-18-15-20(14-17(3)21(18)12-13-24(31)32-6-2)25-27-26(33-29-25)22-16-23(30(4)28-22)19-10-8-7-9-11-19/h7-11,14-16H,5-6,12-13H2,1-4H3. The monoisotopic (exact) mass is 444 g/mol. The van der Waals surface area contributed by atoms with Gasteiger partial charge in [0, 0.05) is 19.0 Å². The molecule has 4 rings (SSSR count). The Morgan fingerprint density at radius 2 is 1.88 bits per heavy atom. The average Bonchev–Trinajstić information content (AvgIpc) is 3.45. The van der Waals surface area contributed by atoms with Gasteiger partial charge in [0.1, 0.15) is 0 Å². The van der Waals surface area contributed by atoms with Crippen LogP contribution in [0.25, 0.3) is 34.2 Å². The maximum absolute atomic E-state index is 11.8. The summed E-state index contributed by atoms with van der Waals surface area (Å²) in [6, 6.07) is 16.1. The van der Waals surface area contributed by atoms with Crippen LogP contribution in [0.5, 0.6) is 0 Å². The molecule has 2 aromatic heterocycles. The third kappa shape index (κ3) is 4.87. The number of benzene rings is 2. The second kappa shape index (κ2) is 9.81. The smallest absolute Gasteiger partial charge is 0.306 e. The molecule has 0 aliphatic heterocycles. The zero-order chi connectivity index (χ0) is 23.4. The van der Waals surface area contributed by atoms with Crippen molar-refractivity contribution in [3.63, 3.8) is 0 Å². The van der Waals surface area contributed by atoms with Crippen molar-refractivity contribution in [2.45, 2.75) is 40.0 Å². The van der Waals surface area contributed by atoms with Crippen molar-refractivity contribution in [1.29, 1.82) is 0 Å². The van der Waals surface area contributed by atoms with Crippen LogP contribution in [0.3, 0.4) is 0 Å². The Labute approximate surface area is 193 Å². The number of aryl methyl sites for hydroxylation is 3. The molecule has 0 saturated heterocycles. The van der Waals surface area contributed by atoms with Crippen molar-refractivity contribution in [2.24, 2.45) is 7.05 Å². The highest BCUT2D eigenvalue weighted by molar-refractivity contribution is 5.70. The third-order valence-electron chi connectivity index (χ3n) is 5.68. The van der Waals surface area contributed by atoms with E-state index in [1.54, 1.807) is 0 Å². The molecule has 170 valence electrons. The van der Waals surface area contributed by atoms with Crippen LogP contribution >= 0.6 is 0 Å². The fourth-order valence-corrected chi connectivity index (χ4v) is 4.05. The van der Waals surface area contributed by atoms with Gasteiger partial charge in [0.2, 0.25) is 5.82 Å². The van der Waals surface area contributed by atoms with E-state index in [1.807, 2.05) is 61.1 Å². The fourth-order valence-electron chi connectivity index (χ4n) is 4.05. The van der Waals surface area contributed by atoms with Gasteiger partial charge in [-0.3, -0.25) is 9.48 Å². The van der Waals surface area contributed by atoms with Crippen molar-refractivity contribution < 1.29 is 14.1 Å². The minimum atomic E-state index is -0.170. The minimum absolute atomic E-state index is 0.170. The molecule has 0 N–H and O–H groups in total. The number of esters is 1. The van der Waals surface area contributed by atoms with Gasteiger partial charge in [0.05, 0.1) is 12.3 Å². The Morgan fingerprint density at radius 3 is 2.61 bits per heavy atom. The van der Waals surface area contributed by atoms with E-state index in [-0.39, 0.29) is 5.97 Å². The molecule has 0 saturated carbocycles. The van der Waals surface area contributed by atoms with E-state index >= 15 is 0 Å². The number of carbonyl (C=O) groups is 1. The summed E-state index contributed by atoms with van der Waals surface area (Å²) in [6.07, 6.45) is 1.87. The fraction of sp³-hybridized carbons (Fsp3) is 0.308. The highest BCUT2D eigenvalue weighted by Gasteiger charge is 2.18. The maximum Gasteiger partial charge on any atom is 0.306 e. The SMILES string of the molecule is CCOC(=O)CCc1c(C)cc(-c2noc(-c3cc(-c4ccccc4)n(C)n3)n2)cc1CC. The van der Waals surface area contributed by atoms with Crippen LogP contribution < -0.4 is 0 Å². The molecule has 0 aliphatic rings. The van der Waals surface area contributed by atoms with E-state index in [1.165, 1.54) is 11.1 Å². The zero-order valence-corrected chi connectivity index (χ0v) is 19.5. The van der Waals surface area contributed by atoms with E-state index in [0.29, 0.717) is 36.9 Å². The molecule has 4 aromatic rings. The van der Waals surface area contributed by atoms with E-state index in [4.69, 9.17) is 9.26 Å². The van der Waals surface area contributed by atoms with Gasteiger partial charge in [0.15, 0.2) is 5.69 Å². The van der Waals surface area contributed by atoms with E-state index in [0.717, 1.165) is 28.8 Å². The van der Waals surface area contributed by atoms with Crippen LogP contribution in [0.2, 0.25) is 0 Å². The molecule has 0 bridgehead atoms. The molecule has 7 nitrogen and oxygen atoms in total. The first kappa shape index (κ1) is 22.5. The Hall–Kier alpha value is -3.74. The van der Waals surface area contributed by atoms with Gasteiger partial charge in [-0.1, -0.05) is 42.4 Å². The van der Waals surface area contributed by atoms with Gasteiger partial charge in [-0.25, -0.2) is 0 Å². The molecule has 0 aliphatic carbocycles. The minimum Gasteiger partial charge on any atom is -0.466 e. The summed E-state index contributed by atoms with van der Waals surface area (Å²) in [4.78, 5) is 16.4. The quantitative estimate of drug-likeness (QED) is 0.349. The highest BCUT2D eigenvalue weighted by atomic mass is 16.5. The molecule has 0 unspecified atom stereocenters. The number of nitrogens with zero attached hydrogens (tertiary/aromatic N) is 4. The van der Waals surface area contributed by atoms with Crippen molar-refractivity contribution in [1.82, 2.24) is 19.9 Å². The lowest BCUT2D eigenvalue weighted by Crippen LogP contribution is -2.07. The third-order valence-corrected chi connectivity index (χ3v) is 5.68. The number of carbonyl (C=O) groups excluding carboxylic acids is 1. The second-order valence-corrected chi connectivity index (χ2v) is 7.92.